The van der Waals surface area contributed by atoms with Gasteiger partial charge in [0, 0.05) is 20.2 Å². The van der Waals surface area contributed by atoms with Crippen LogP contribution in [0.2, 0.25) is 0 Å². The van der Waals surface area contributed by atoms with Crippen LogP contribution in [0.25, 0.3) is 0 Å². The third-order valence-electron chi connectivity index (χ3n) is 3.87. The van der Waals surface area contributed by atoms with Gasteiger partial charge in [-0.05, 0) is 25.0 Å². The minimum absolute atomic E-state index is 0.00839. The molecule has 0 aromatic heterocycles. The fourth-order valence-electron chi connectivity index (χ4n) is 2.66. The van der Waals surface area contributed by atoms with Crippen LogP contribution in [0.4, 0.5) is 0 Å². The summed E-state index contributed by atoms with van der Waals surface area (Å²) in [6.07, 6.45) is 1.49. The van der Waals surface area contributed by atoms with Gasteiger partial charge in [-0.3, -0.25) is 4.79 Å². The van der Waals surface area contributed by atoms with Crippen molar-refractivity contribution in [2.45, 2.75) is 25.0 Å². The quantitative estimate of drug-likeness (QED) is 0.821. The van der Waals surface area contributed by atoms with Crippen molar-refractivity contribution in [3.05, 3.63) is 24.3 Å². The fourth-order valence-corrected chi connectivity index (χ4v) is 2.66. The maximum atomic E-state index is 12.4. The van der Waals surface area contributed by atoms with Gasteiger partial charge < -0.3 is 19.1 Å². The molecular formula is C15H19NO4. The second kappa shape index (κ2) is 5.71. The molecule has 3 rings (SSSR count). The molecule has 0 spiro atoms. The van der Waals surface area contributed by atoms with Crippen LogP contribution in [-0.4, -0.2) is 49.8 Å². The zero-order valence-electron chi connectivity index (χ0n) is 11.6. The van der Waals surface area contributed by atoms with Crippen LogP contribution in [-0.2, 0) is 9.53 Å². The molecule has 20 heavy (non-hydrogen) atoms. The number of ether oxygens (including phenoxy) is 3. The Morgan fingerprint density at radius 1 is 1.25 bits per heavy atom. The highest BCUT2D eigenvalue weighted by atomic mass is 16.6. The summed E-state index contributed by atoms with van der Waals surface area (Å²) in [5, 5.41) is 0. The molecule has 0 radical (unpaired) electrons. The van der Waals surface area contributed by atoms with Crippen molar-refractivity contribution in [1.29, 1.82) is 0 Å². The molecule has 1 aromatic rings. The van der Waals surface area contributed by atoms with Crippen LogP contribution in [0.15, 0.2) is 24.3 Å². The number of piperidine rings is 1. The number of hydrogen-bond acceptors (Lipinski definition) is 4. The average molecular weight is 277 g/mol. The molecule has 0 aliphatic carbocycles. The van der Waals surface area contributed by atoms with E-state index in [9.17, 15) is 4.79 Å². The van der Waals surface area contributed by atoms with Crippen molar-refractivity contribution in [1.82, 2.24) is 4.90 Å². The smallest absolute Gasteiger partial charge is 0.267 e. The van der Waals surface area contributed by atoms with E-state index >= 15 is 0 Å². The van der Waals surface area contributed by atoms with Crippen molar-refractivity contribution < 1.29 is 19.0 Å². The molecule has 0 N–H and O–H groups in total. The summed E-state index contributed by atoms with van der Waals surface area (Å²) in [5.41, 5.74) is 0. The third kappa shape index (κ3) is 2.58. The van der Waals surface area contributed by atoms with E-state index in [1.54, 1.807) is 7.11 Å². The number of rotatable bonds is 2. The van der Waals surface area contributed by atoms with E-state index in [2.05, 4.69) is 0 Å². The predicted molar refractivity (Wildman–Crippen MR) is 73.0 cm³/mol. The maximum absolute atomic E-state index is 12.4. The summed E-state index contributed by atoms with van der Waals surface area (Å²) in [7, 11) is 1.72. The maximum Gasteiger partial charge on any atom is 0.267 e. The fraction of sp³-hybridized carbons (Fsp3) is 0.533. The zero-order valence-corrected chi connectivity index (χ0v) is 11.6. The molecule has 5 heteroatoms. The number of carbonyl (C=O) groups excluding carboxylic acids is 1. The highest BCUT2D eigenvalue weighted by Gasteiger charge is 2.32. The Kier molecular flexibility index (Phi) is 3.78. The first-order chi connectivity index (χ1) is 9.78. The molecule has 2 aliphatic rings. The summed E-state index contributed by atoms with van der Waals surface area (Å²) in [6.45, 7) is 1.72. The number of hydrogen-bond donors (Lipinski definition) is 0. The van der Waals surface area contributed by atoms with Crippen molar-refractivity contribution in [3.8, 4) is 11.5 Å². The second-order valence-corrected chi connectivity index (χ2v) is 5.12. The van der Waals surface area contributed by atoms with Gasteiger partial charge in [-0.25, -0.2) is 0 Å². The minimum Gasteiger partial charge on any atom is -0.485 e. The summed E-state index contributed by atoms with van der Waals surface area (Å²) in [4.78, 5) is 14.3. The van der Waals surface area contributed by atoms with Crippen LogP contribution < -0.4 is 9.47 Å². The molecule has 1 fully saturated rings. The Morgan fingerprint density at radius 3 is 2.65 bits per heavy atom. The monoisotopic (exact) mass is 277 g/mol. The lowest BCUT2D eigenvalue weighted by Gasteiger charge is -2.34. The SMILES string of the molecule is COC1CCN(C(=O)C2COc3ccccc3O2)CC1. The Bertz CT molecular complexity index is 483. The molecule has 1 unspecified atom stereocenters. The first kappa shape index (κ1) is 13.2. The lowest BCUT2D eigenvalue weighted by Crippen LogP contribution is -2.49. The second-order valence-electron chi connectivity index (χ2n) is 5.12. The molecular weight excluding hydrogens is 258 g/mol. The van der Waals surface area contributed by atoms with Gasteiger partial charge in [-0.1, -0.05) is 12.1 Å². The molecule has 1 aromatic carbocycles. The normalized spacial score (nSPS) is 22.6. The van der Waals surface area contributed by atoms with E-state index in [4.69, 9.17) is 14.2 Å². The lowest BCUT2D eigenvalue weighted by molar-refractivity contribution is -0.143. The standard InChI is InChI=1S/C15H19NO4/c1-18-11-6-8-16(9-7-11)15(17)14-10-19-12-4-2-3-5-13(12)20-14/h2-5,11,14H,6-10H2,1H3. The van der Waals surface area contributed by atoms with Crippen molar-refractivity contribution in [3.63, 3.8) is 0 Å². The van der Waals surface area contributed by atoms with E-state index < -0.39 is 6.10 Å². The summed E-state index contributed by atoms with van der Waals surface area (Å²) >= 11 is 0. The van der Waals surface area contributed by atoms with E-state index in [-0.39, 0.29) is 18.6 Å². The van der Waals surface area contributed by atoms with E-state index in [1.807, 2.05) is 29.2 Å². The first-order valence-electron chi connectivity index (χ1n) is 6.98. The molecule has 5 nitrogen and oxygen atoms in total. The van der Waals surface area contributed by atoms with Crippen LogP contribution in [0.1, 0.15) is 12.8 Å². The Balaban J connectivity index is 1.62. The van der Waals surface area contributed by atoms with Crippen molar-refractivity contribution in [2.75, 3.05) is 26.8 Å². The van der Waals surface area contributed by atoms with Gasteiger partial charge in [0.1, 0.15) is 6.61 Å². The lowest BCUT2D eigenvalue weighted by atomic mass is 10.1. The van der Waals surface area contributed by atoms with Crippen LogP contribution in [0.3, 0.4) is 0 Å². The Hall–Kier alpha value is -1.75. The van der Waals surface area contributed by atoms with Gasteiger partial charge in [-0.2, -0.15) is 0 Å². The molecule has 1 amide bonds. The molecule has 2 aliphatic heterocycles. The number of likely N-dealkylation sites (tertiary alicyclic amines) is 1. The van der Waals surface area contributed by atoms with E-state index in [0.29, 0.717) is 11.5 Å². The van der Waals surface area contributed by atoms with Gasteiger partial charge in [0.25, 0.3) is 5.91 Å². The number of methoxy groups -OCH3 is 1. The van der Waals surface area contributed by atoms with Gasteiger partial charge >= 0.3 is 0 Å². The zero-order chi connectivity index (χ0) is 13.9. The molecule has 0 saturated carbocycles. The topological polar surface area (TPSA) is 48.0 Å². The predicted octanol–water partition coefficient (Wildman–Crippen LogP) is 1.46. The highest BCUT2D eigenvalue weighted by Crippen LogP contribution is 2.31. The highest BCUT2D eigenvalue weighted by molar-refractivity contribution is 5.82. The Labute approximate surface area is 118 Å². The first-order valence-corrected chi connectivity index (χ1v) is 6.98. The van der Waals surface area contributed by atoms with Crippen LogP contribution in [0.5, 0.6) is 11.5 Å². The van der Waals surface area contributed by atoms with E-state index in [0.717, 1.165) is 25.9 Å². The van der Waals surface area contributed by atoms with Gasteiger partial charge in [0.15, 0.2) is 11.5 Å². The van der Waals surface area contributed by atoms with Crippen molar-refractivity contribution in [2.24, 2.45) is 0 Å². The number of carbonyl (C=O) groups is 1. The molecule has 108 valence electrons. The summed E-state index contributed by atoms with van der Waals surface area (Å²) in [6, 6.07) is 7.44. The number of nitrogens with zero attached hydrogens (tertiary/aromatic N) is 1. The minimum atomic E-state index is -0.538. The average Bonchev–Trinajstić information content (AvgIpc) is 2.54. The molecule has 0 bridgehead atoms. The van der Waals surface area contributed by atoms with Crippen molar-refractivity contribution >= 4 is 5.91 Å². The third-order valence-corrected chi connectivity index (χ3v) is 3.87. The number of fused-ring (bicyclic) bond motifs is 1. The Morgan fingerprint density at radius 2 is 1.95 bits per heavy atom. The molecule has 1 saturated heterocycles. The number of benzene rings is 1. The number of para-hydroxylation sites is 2. The largest absolute Gasteiger partial charge is 0.485 e. The van der Waals surface area contributed by atoms with Crippen LogP contribution in [0, 0.1) is 0 Å². The van der Waals surface area contributed by atoms with Crippen LogP contribution >= 0.6 is 0 Å². The van der Waals surface area contributed by atoms with Gasteiger partial charge in [-0.15, -0.1) is 0 Å². The van der Waals surface area contributed by atoms with Gasteiger partial charge in [0.2, 0.25) is 6.10 Å². The van der Waals surface area contributed by atoms with E-state index in [1.165, 1.54) is 0 Å². The van der Waals surface area contributed by atoms with Gasteiger partial charge in [0.05, 0.1) is 6.10 Å². The molecule has 2 heterocycles. The number of amides is 1. The summed E-state index contributed by atoms with van der Waals surface area (Å²) < 4.78 is 16.7. The molecule has 1 atom stereocenters. The summed E-state index contributed by atoms with van der Waals surface area (Å²) in [5.74, 6) is 1.35.